The number of urea groups is 1. The van der Waals surface area contributed by atoms with Crippen LogP contribution in [0.5, 0.6) is 11.5 Å². The van der Waals surface area contributed by atoms with Crippen LogP contribution in [-0.2, 0) is 11.3 Å². The molecule has 0 unspecified atom stereocenters. The number of benzene rings is 2. The maximum atomic E-state index is 13.4. The molecule has 0 saturated carbocycles. The molecule has 0 radical (unpaired) electrons. The number of para-hydroxylation sites is 1. The van der Waals surface area contributed by atoms with Crippen molar-refractivity contribution in [2.75, 3.05) is 32.6 Å². The van der Waals surface area contributed by atoms with Gasteiger partial charge in [-0.2, -0.15) is 0 Å². The maximum Gasteiger partial charge on any atom is 0.321 e. The minimum absolute atomic E-state index is 0.142. The number of hydrogen-bond acceptors (Lipinski definition) is 5. The zero-order valence-electron chi connectivity index (χ0n) is 20.2. The van der Waals surface area contributed by atoms with Crippen LogP contribution in [0.4, 0.5) is 10.5 Å². The summed E-state index contributed by atoms with van der Waals surface area (Å²) in [4.78, 5) is 32.4. The lowest BCUT2D eigenvalue weighted by atomic mass is 9.87. The first-order chi connectivity index (χ1) is 17.0. The molecule has 1 fully saturated rings. The number of carbonyl (C=O) groups excluding carboxylic acids is 2. The second-order valence-corrected chi connectivity index (χ2v) is 8.54. The summed E-state index contributed by atoms with van der Waals surface area (Å²) >= 11 is 0. The summed E-state index contributed by atoms with van der Waals surface area (Å²) in [5, 5.41) is 5.93. The van der Waals surface area contributed by atoms with Gasteiger partial charge in [0.1, 0.15) is 0 Å². The third kappa shape index (κ3) is 5.54. The lowest BCUT2D eigenvalue weighted by Gasteiger charge is -2.21. The van der Waals surface area contributed by atoms with E-state index in [-0.39, 0.29) is 24.4 Å². The Balaban J connectivity index is 1.57. The fourth-order valence-electron chi connectivity index (χ4n) is 4.41. The van der Waals surface area contributed by atoms with Crippen LogP contribution < -0.4 is 20.1 Å². The molecular weight excluding hydrogens is 444 g/mol. The predicted octanol–water partition coefficient (Wildman–Crippen LogP) is 3.97. The van der Waals surface area contributed by atoms with Gasteiger partial charge in [-0.05, 0) is 37.3 Å². The average Bonchev–Trinajstić information content (AvgIpc) is 3.34. The highest BCUT2D eigenvalue weighted by Gasteiger charge is 2.42. The normalized spacial score (nSPS) is 17.1. The lowest BCUT2D eigenvalue weighted by Crippen LogP contribution is -2.36. The number of aromatic nitrogens is 1. The van der Waals surface area contributed by atoms with E-state index in [1.54, 1.807) is 25.3 Å². The third-order valence-electron chi connectivity index (χ3n) is 6.25. The van der Waals surface area contributed by atoms with Crippen LogP contribution in [0, 0.1) is 12.8 Å². The fraction of sp³-hybridized carbons (Fsp3) is 0.296. The van der Waals surface area contributed by atoms with Gasteiger partial charge in [0.2, 0.25) is 5.91 Å². The Morgan fingerprint density at radius 3 is 2.49 bits per heavy atom. The maximum absolute atomic E-state index is 13.4. The molecule has 1 aromatic heterocycles. The van der Waals surface area contributed by atoms with E-state index in [0.717, 1.165) is 16.8 Å². The second-order valence-electron chi connectivity index (χ2n) is 8.54. The SMILES string of the molecule is COc1cccc([C@H]2CN(C(=O)Nc3ccc(C)cc3)C[C@@H]2C(=O)NCc2ccccn2)c1OC. The van der Waals surface area contributed by atoms with Gasteiger partial charge in [-0.25, -0.2) is 4.79 Å². The molecule has 0 bridgehead atoms. The number of likely N-dealkylation sites (tertiary alicyclic amines) is 1. The Bertz CT molecular complexity index is 1170. The molecule has 4 rings (SSSR count). The number of anilines is 1. The smallest absolute Gasteiger partial charge is 0.321 e. The molecule has 2 N–H and O–H groups in total. The molecule has 3 aromatic rings. The molecule has 1 aliphatic rings. The Labute approximate surface area is 205 Å². The standard InChI is InChI=1S/C27H30N4O4/c1-18-10-12-19(13-11-18)30-27(33)31-16-22(21-8-6-9-24(34-2)25(21)35-3)23(17-31)26(32)29-15-20-7-4-5-14-28-20/h4-14,22-23H,15-17H2,1-3H3,(H,29,32)(H,30,33)/t22-,23+/m1/s1. The monoisotopic (exact) mass is 474 g/mol. The second kappa shape index (κ2) is 10.9. The minimum Gasteiger partial charge on any atom is -0.493 e. The van der Waals surface area contributed by atoms with Crippen molar-refractivity contribution >= 4 is 17.6 Å². The molecule has 3 amide bonds. The summed E-state index contributed by atoms with van der Waals surface area (Å²) in [7, 11) is 3.16. The summed E-state index contributed by atoms with van der Waals surface area (Å²) in [5.41, 5.74) is 3.41. The Morgan fingerprint density at radius 2 is 1.80 bits per heavy atom. The molecule has 35 heavy (non-hydrogen) atoms. The third-order valence-corrected chi connectivity index (χ3v) is 6.25. The van der Waals surface area contributed by atoms with Gasteiger partial charge < -0.3 is 25.0 Å². The molecular formula is C27H30N4O4. The fourth-order valence-corrected chi connectivity index (χ4v) is 4.41. The van der Waals surface area contributed by atoms with Crippen molar-refractivity contribution in [3.63, 3.8) is 0 Å². The summed E-state index contributed by atoms with van der Waals surface area (Å²) in [6.45, 7) is 2.94. The number of carbonyl (C=O) groups is 2. The molecule has 2 heterocycles. The van der Waals surface area contributed by atoms with E-state index in [4.69, 9.17) is 9.47 Å². The van der Waals surface area contributed by atoms with Gasteiger partial charge >= 0.3 is 6.03 Å². The van der Waals surface area contributed by atoms with Crippen molar-refractivity contribution in [2.24, 2.45) is 5.92 Å². The van der Waals surface area contributed by atoms with E-state index in [1.165, 1.54) is 0 Å². The van der Waals surface area contributed by atoms with Gasteiger partial charge in [-0.3, -0.25) is 9.78 Å². The van der Waals surface area contributed by atoms with Gasteiger partial charge in [-0.15, -0.1) is 0 Å². The Kier molecular flexibility index (Phi) is 7.50. The zero-order chi connectivity index (χ0) is 24.8. The van der Waals surface area contributed by atoms with Crippen LogP contribution >= 0.6 is 0 Å². The zero-order valence-corrected chi connectivity index (χ0v) is 20.2. The number of methoxy groups -OCH3 is 2. The molecule has 2 aromatic carbocycles. The first-order valence-electron chi connectivity index (χ1n) is 11.5. The Hall–Kier alpha value is -4.07. The van der Waals surface area contributed by atoms with Crippen molar-refractivity contribution in [1.29, 1.82) is 0 Å². The topological polar surface area (TPSA) is 92.8 Å². The molecule has 182 valence electrons. The lowest BCUT2D eigenvalue weighted by molar-refractivity contribution is -0.125. The number of amides is 3. The summed E-state index contributed by atoms with van der Waals surface area (Å²) in [6.07, 6.45) is 1.69. The molecule has 8 nitrogen and oxygen atoms in total. The quantitative estimate of drug-likeness (QED) is 0.541. The summed E-state index contributed by atoms with van der Waals surface area (Å²) in [6, 6.07) is 18.5. The average molecular weight is 475 g/mol. The van der Waals surface area contributed by atoms with Crippen LogP contribution in [0.25, 0.3) is 0 Å². The van der Waals surface area contributed by atoms with E-state index in [0.29, 0.717) is 30.3 Å². The summed E-state index contributed by atoms with van der Waals surface area (Å²) in [5.74, 6) is 0.274. The first kappa shape index (κ1) is 24.1. The van der Waals surface area contributed by atoms with Gasteiger partial charge in [0.05, 0.1) is 32.4 Å². The number of aryl methyl sites for hydroxylation is 1. The number of pyridine rings is 1. The highest BCUT2D eigenvalue weighted by Crippen LogP contribution is 2.42. The van der Waals surface area contributed by atoms with Crippen molar-refractivity contribution in [2.45, 2.75) is 19.4 Å². The number of ether oxygens (including phenoxy) is 2. The van der Waals surface area contributed by atoms with Crippen LogP contribution in [0.3, 0.4) is 0 Å². The van der Waals surface area contributed by atoms with Crippen molar-refractivity contribution in [1.82, 2.24) is 15.2 Å². The first-order valence-corrected chi connectivity index (χ1v) is 11.5. The highest BCUT2D eigenvalue weighted by atomic mass is 16.5. The van der Waals surface area contributed by atoms with Gasteiger partial charge in [0.25, 0.3) is 0 Å². The highest BCUT2D eigenvalue weighted by molar-refractivity contribution is 5.91. The number of rotatable bonds is 7. The van der Waals surface area contributed by atoms with E-state index in [2.05, 4.69) is 15.6 Å². The van der Waals surface area contributed by atoms with Crippen LogP contribution in [0.15, 0.2) is 66.9 Å². The number of nitrogens with zero attached hydrogens (tertiary/aromatic N) is 2. The van der Waals surface area contributed by atoms with Gasteiger partial charge in [0, 0.05) is 36.5 Å². The largest absolute Gasteiger partial charge is 0.493 e. The number of nitrogens with one attached hydrogen (secondary N) is 2. The summed E-state index contributed by atoms with van der Waals surface area (Å²) < 4.78 is 11.1. The predicted molar refractivity (Wildman–Crippen MR) is 134 cm³/mol. The van der Waals surface area contributed by atoms with E-state index in [1.807, 2.05) is 67.6 Å². The van der Waals surface area contributed by atoms with Crippen molar-refractivity contribution in [3.05, 3.63) is 83.7 Å². The van der Waals surface area contributed by atoms with Crippen LogP contribution in [-0.4, -0.2) is 49.1 Å². The molecule has 1 saturated heterocycles. The molecule has 0 aliphatic carbocycles. The Morgan fingerprint density at radius 1 is 1.00 bits per heavy atom. The number of hydrogen-bond donors (Lipinski definition) is 2. The minimum atomic E-state index is -0.469. The van der Waals surface area contributed by atoms with E-state index < -0.39 is 5.92 Å². The van der Waals surface area contributed by atoms with Crippen LogP contribution in [0.2, 0.25) is 0 Å². The van der Waals surface area contributed by atoms with Crippen molar-refractivity contribution < 1.29 is 19.1 Å². The molecule has 2 atom stereocenters. The van der Waals surface area contributed by atoms with E-state index >= 15 is 0 Å². The molecule has 8 heteroatoms. The van der Waals surface area contributed by atoms with Gasteiger partial charge in [-0.1, -0.05) is 35.9 Å². The van der Waals surface area contributed by atoms with Crippen LogP contribution in [0.1, 0.15) is 22.7 Å². The molecule has 0 spiro atoms. The van der Waals surface area contributed by atoms with Gasteiger partial charge in [0.15, 0.2) is 11.5 Å². The molecule has 1 aliphatic heterocycles. The van der Waals surface area contributed by atoms with Crippen molar-refractivity contribution in [3.8, 4) is 11.5 Å². The van der Waals surface area contributed by atoms with E-state index in [9.17, 15) is 9.59 Å².